The second kappa shape index (κ2) is 10.8. The summed E-state index contributed by atoms with van der Waals surface area (Å²) < 4.78 is 1.83. The van der Waals surface area contributed by atoms with Crippen LogP contribution in [0.15, 0.2) is 18.7 Å². The maximum absolute atomic E-state index is 12.8. The van der Waals surface area contributed by atoms with E-state index in [2.05, 4.69) is 22.1 Å². The molecule has 4 heterocycles. The van der Waals surface area contributed by atoms with Crippen molar-refractivity contribution in [3.63, 3.8) is 0 Å². The molecule has 178 valence electrons. The summed E-state index contributed by atoms with van der Waals surface area (Å²) in [5.41, 5.74) is 2.11. The number of piperidine rings is 1. The quantitative estimate of drug-likeness (QED) is 0.586. The van der Waals surface area contributed by atoms with Crippen molar-refractivity contribution >= 4 is 17.6 Å². The first-order valence-electron chi connectivity index (χ1n) is 12.2. The Morgan fingerprint density at radius 3 is 2.82 bits per heavy atom. The van der Waals surface area contributed by atoms with Gasteiger partial charge in [0.2, 0.25) is 17.8 Å². The van der Waals surface area contributed by atoms with Crippen LogP contribution in [0.2, 0.25) is 0 Å². The van der Waals surface area contributed by atoms with Gasteiger partial charge in [-0.2, -0.15) is 4.98 Å². The van der Waals surface area contributed by atoms with Gasteiger partial charge in [0.15, 0.2) is 0 Å². The van der Waals surface area contributed by atoms with Crippen molar-refractivity contribution in [2.75, 3.05) is 31.1 Å². The van der Waals surface area contributed by atoms with Crippen molar-refractivity contribution in [1.82, 2.24) is 29.7 Å². The van der Waals surface area contributed by atoms with Crippen LogP contribution < -0.4 is 10.2 Å². The smallest absolute Gasteiger partial charge is 0.237 e. The van der Waals surface area contributed by atoms with Gasteiger partial charge in [-0.3, -0.25) is 14.2 Å². The fourth-order valence-corrected chi connectivity index (χ4v) is 4.93. The van der Waals surface area contributed by atoms with Crippen molar-refractivity contribution in [2.45, 2.75) is 71.3 Å². The number of aromatic nitrogens is 4. The third kappa shape index (κ3) is 5.51. The summed E-state index contributed by atoms with van der Waals surface area (Å²) in [6, 6.07) is 0.120. The molecule has 0 aromatic carbocycles. The summed E-state index contributed by atoms with van der Waals surface area (Å²) in [5, 5.41) is 3.07. The average Bonchev–Trinajstić information content (AvgIpc) is 3.49. The minimum Gasteiger partial charge on any atom is -0.356 e. The molecule has 9 nitrogen and oxygen atoms in total. The molecular weight excluding hydrogens is 418 g/mol. The zero-order valence-corrected chi connectivity index (χ0v) is 19.8. The number of aryl methyl sites for hydroxylation is 1. The van der Waals surface area contributed by atoms with E-state index in [1.807, 2.05) is 22.6 Å². The Hall–Kier alpha value is -2.97. The first kappa shape index (κ1) is 23.2. The zero-order valence-electron chi connectivity index (χ0n) is 19.8. The van der Waals surface area contributed by atoms with E-state index >= 15 is 0 Å². The van der Waals surface area contributed by atoms with Crippen LogP contribution in [0.25, 0.3) is 5.95 Å². The molecule has 0 radical (unpaired) electrons. The standard InChI is InChI=1S/C24H35N7O2/c1-3-20-18(2)27-24(30-15-11-25-17-30)28-23(20)31-14-5-4-8-19(31)16-21(32)26-10-7-13-29-12-6-9-22(29)33/h11,15,17,19H,3-10,12-14,16H2,1-2H3,(H,26,32). The Morgan fingerprint density at radius 1 is 1.21 bits per heavy atom. The highest BCUT2D eigenvalue weighted by Crippen LogP contribution is 2.30. The molecule has 9 heteroatoms. The number of amides is 2. The lowest BCUT2D eigenvalue weighted by atomic mass is 9.97. The van der Waals surface area contributed by atoms with Gasteiger partial charge in [-0.1, -0.05) is 6.92 Å². The van der Waals surface area contributed by atoms with E-state index in [9.17, 15) is 9.59 Å². The van der Waals surface area contributed by atoms with Gasteiger partial charge in [-0.05, 0) is 45.4 Å². The van der Waals surface area contributed by atoms with Crippen LogP contribution in [0.4, 0.5) is 5.82 Å². The number of rotatable bonds is 9. The van der Waals surface area contributed by atoms with Crippen LogP contribution in [0, 0.1) is 6.92 Å². The zero-order chi connectivity index (χ0) is 23.2. The molecule has 1 N–H and O–H groups in total. The fraction of sp³-hybridized carbons (Fsp3) is 0.625. The average molecular weight is 454 g/mol. The van der Waals surface area contributed by atoms with E-state index < -0.39 is 0 Å². The maximum atomic E-state index is 12.8. The molecule has 2 aromatic heterocycles. The van der Waals surface area contributed by atoms with E-state index in [1.54, 1.807) is 12.5 Å². The maximum Gasteiger partial charge on any atom is 0.237 e. The monoisotopic (exact) mass is 453 g/mol. The summed E-state index contributed by atoms with van der Waals surface area (Å²) in [4.78, 5) is 42.5. The van der Waals surface area contributed by atoms with Crippen molar-refractivity contribution in [3.05, 3.63) is 30.0 Å². The minimum absolute atomic E-state index is 0.0679. The molecule has 2 saturated heterocycles. The van der Waals surface area contributed by atoms with E-state index in [-0.39, 0.29) is 17.9 Å². The highest BCUT2D eigenvalue weighted by atomic mass is 16.2. The minimum atomic E-state index is 0.0679. The predicted molar refractivity (Wildman–Crippen MR) is 126 cm³/mol. The van der Waals surface area contributed by atoms with Crippen LogP contribution in [0.5, 0.6) is 0 Å². The highest BCUT2D eigenvalue weighted by Gasteiger charge is 2.28. The van der Waals surface area contributed by atoms with Crippen LogP contribution in [0.3, 0.4) is 0 Å². The third-order valence-corrected chi connectivity index (χ3v) is 6.69. The summed E-state index contributed by atoms with van der Waals surface area (Å²) in [5.74, 6) is 1.86. The Morgan fingerprint density at radius 2 is 2.09 bits per heavy atom. The topological polar surface area (TPSA) is 96.2 Å². The van der Waals surface area contributed by atoms with Gasteiger partial charge in [0.25, 0.3) is 0 Å². The van der Waals surface area contributed by atoms with E-state index in [1.165, 1.54) is 0 Å². The Balaban J connectivity index is 1.41. The summed E-state index contributed by atoms with van der Waals surface area (Å²) in [7, 11) is 0. The number of carbonyl (C=O) groups excluding carboxylic acids is 2. The molecule has 1 unspecified atom stereocenters. The summed E-state index contributed by atoms with van der Waals surface area (Å²) >= 11 is 0. The number of imidazole rings is 1. The molecule has 1 atom stereocenters. The predicted octanol–water partition coefficient (Wildman–Crippen LogP) is 2.41. The molecule has 2 amide bonds. The molecule has 2 aliphatic heterocycles. The van der Waals surface area contributed by atoms with E-state index in [0.717, 1.165) is 75.2 Å². The highest BCUT2D eigenvalue weighted by molar-refractivity contribution is 5.78. The molecule has 4 rings (SSSR count). The van der Waals surface area contributed by atoms with Gasteiger partial charge in [-0.25, -0.2) is 9.97 Å². The number of likely N-dealkylation sites (tertiary alicyclic amines) is 1. The van der Waals surface area contributed by atoms with Crippen LogP contribution in [-0.4, -0.2) is 68.5 Å². The normalized spacial score (nSPS) is 18.7. The van der Waals surface area contributed by atoms with E-state index in [4.69, 9.17) is 9.97 Å². The van der Waals surface area contributed by atoms with E-state index in [0.29, 0.717) is 25.3 Å². The Labute approximate surface area is 195 Å². The van der Waals surface area contributed by atoms with Crippen LogP contribution in [-0.2, 0) is 16.0 Å². The fourth-order valence-electron chi connectivity index (χ4n) is 4.93. The number of anilines is 1. The van der Waals surface area contributed by atoms with Gasteiger partial charge in [0, 0.05) is 68.7 Å². The van der Waals surface area contributed by atoms with Gasteiger partial charge in [0.1, 0.15) is 12.1 Å². The number of hydrogen-bond acceptors (Lipinski definition) is 6. The number of nitrogens with one attached hydrogen (secondary N) is 1. The largest absolute Gasteiger partial charge is 0.356 e. The molecule has 0 aliphatic carbocycles. The molecule has 2 aromatic rings. The molecule has 0 saturated carbocycles. The summed E-state index contributed by atoms with van der Waals surface area (Å²) in [6.45, 7) is 7.23. The number of carbonyl (C=O) groups is 2. The van der Waals surface area contributed by atoms with Gasteiger partial charge >= 0.3 is 0 Å². The molecule has 0 spiro atoms. The van der Waals surface area contributed by atoms with Crippen molar-refractivity contribution in [1.29, 1.82) is 0 Å². The van der Waals surface area contributed by atoms with Crippen molar-refractivity contribution in [2.24, 2.45) is 0 Å². The van der Waals surface area contributed by atoms with Gasteiger partial charge < -0.3 is 15.1 Å². The van der Waals surface area contributed by atoms with Gasteiger partial charge in [0.05, 0.1) is 0 Å². The second-order valence-electron chi connectivity index (χ2n) is 8.97. The van der Waals surface area contributed by atoms with Gasteiger partial charge in [-0.15, -0.1) is 0 Å². The molecular formula is C24H35N7O2. The Bertz CT molecular complexity index is 960. The molecule has 2 aliphatic rings. The lowest BCUT2D eigenvalue weighted by Gasteiger charge is -2.37. The Kier molecular flexibility index (Phi) is 7.57. The molecule has 33 heavy (non-hydrogen) atoms. The molecule has 2 fully saturated rings. The van der Waals surface area contributed by atoms with Crippen LogP contribution >= 0.6 is 0 Å². The second-order valence-corrected chi connectivity index (χ2v) is 8.97. The first-order valence-corrected chi connectivity index (χ1v) is 12.2. The summed E-state index contributed by atoms with van der Waals surface area (Å²) in [6.07, 6.45) is 12.2. The third-order valence-electron chi connectivity index (χ3n) is 6.69. The lowest BCUT2D eigenvalue weighted by Crippen LogP contribution is -2.44. The van der Waals surface area contributed by atoms with Crippen molar-refractivity contribution < 1.29 is 9.59 Å². The van der Waals surface area contributed by atoms with Crippen LogP contribution in [0.1, 0.15) is 63.1 Å². The van der Waals surface area contributed by atoms with Crippen molar-refractivity contribution in [3.8, 4) is 5.95 Å². The first-order chi connectivity index (χ1) is 16.1. The molecule has 0 bridgehead atoms. The number of nitrogens with zero attached hydrogens (tertiary/aromatic N) is 6. The number of hydrogen-bond donors (Lipinski definition) is 1. The SMILES string of the molecule is CCc1c(C)nc(-n2ccnc2)nc1N1CCCCC1CC(=O)NCCCN1CCCC1=O. The lowest BCUT2D eigenvalue weighted by molar-refractivity contribution is -0.127.